The molecule has 0 fully saturated rings. The van der Waals surface area contributed by atoms with Gasteiger partial charge in [-0.25, -0.2) is 4.79 Å². The van der Waals surface area contributed by atoms with Crippen molar-refractivity contribution in [3.63, 3.8) is 0 Å². The second-order valence-corrected chi connectivity index (χ2v) is 4.99. The summed E-state index contributed by atoms with van der Waals surface area (Å²) >= 11 is 0. The summed E-state index contributed by atoms with van der Waals surface area (Å²) in [7, 11) is 0. The van der Waals surface area contributed by atoms with Crippen LogP contribution in [0, 0.1) is 18.8 Å². The zero-order valence-corrected chi connectivity index (χ0v) is 11.5. The maximum atomic E-state index is 11.2. The van der Waals surface area contributed by atoms with Crippen molar-refractivity contribution in [2.75, 3.05) is 0 Å². The van der Waals surface area contributed by atoms with Crippen LogP contribution in [0.4, 0.5) is 0 Å². The van der Waals surface area contributed by atoms with Crippen LogP contribution in [-0.2, 0) is 16.1 Å². The van der Waals surface area contributed by atoms with E-state index < -0.39 is 0 Å². The Morgan fingerprint density at radius 3 is 2.44 bits per heavy atom. The minimum Gasteiger partial charge on any atom is -0.318 e. The molecule has 1 aromatic rings. The van der Waals surface area contributed by atoms with Gasteiger partial charge in [-0.05, 0) is 24.8 Å². The van der Waals surface area contributed by atoms with E-state index >= 15 is 0 Å². The molecular weight excluding hydrogens is 226 g/mol. The Morgan fingerprint density at radius 2 is 1.89 bits per heavy atom. The summed E-state index contributed by atoms with van der Waals surface area (Å²) in [4.78, 5) is 15.9. The van der Waals surface area contributed by atoms with Gasteiger partial charge in [-0.15, -0.1) is 0 Å². The largest absolute Gasteiger partial charge is 0.337 e. The summed E-state index contributed by atoms with van der Waals surface area (Å²) in [5, 5.41) is 3.73. The number of nitrogens with zero attached hydrogens (tertiary/aromatic N) is 1. The summed E-state index contributed by atoms with van der Waals surface area (Å²) in [6.07, 6.45) is 2.57. The van der Waals surface area contributed by atoms with Crippen molar-refractivity contribution in [2.24, 2.45) is 17.0 Å². The molecule has 0 bridgehead atoms. The molecule has 1 aromatic carbocycles. The highest BCUT2D eigenvalue weighted by Gasteiger charge is 2.07. The van der Waals surface area contributed by atoms with Gasteiger partial charge in [0.2, 0.25) is 0 Å². The van der Waals surface area contributed by atoms with Gasteiger partial charge in [-0.1, -0.05) is 55.8 Å². The third-order valence-corrected chi connectivity index (χ3v) is 2.61. The highest BCUT2D eigenvalue weighted by atomic mass is 16.7. The molecule has 0 saturated carbocycles. The molecule has 0 saturated heterocycles. The van der Waals surface area contributed by atoms with Gasteiger partial charge in [0.1, 0.15) is 0 Å². The van der Waals surface area contributed by atoms with Crippen LogP contribution in [0.5, 0.6) is 0 Å². The van der Waals surface area contributed by atoms with Crippen LogP contribution in [0.3, 0.4) is 0 Å². The number of benzene rings is 1. The van der Waals surface area contributed by atoms with Crippen molar-refractivity contribution in [1.82, 2.24) is 0 Å². The van der Waals surface area contributed by atoms with Crippen molar-refractivity contribution in [3.05, 3.63) is 35.4 Å². The van der Waals surface area contributed by atoms with Crippen molar-refractivity contribution in [3.8, 4) is 0 Å². The standard InChI is InChI=1S/C15H21NO2/c1-11(2)15(17)18-16-10-13(4)9-14-7-5-12(3)6-8-14/h5-8,10-11,13H,9H2,1-4H3. The predicted octanol–water partition coefficient (Wildman–Crippen LogP) is 3.36. The van der Waals surface area contributed by atoms with Crippen molar-refractivity contribution >= 4 is 12.2 Å². The van der Waals surface area contributed by atoms with E-state index in [9.17, 15) is 4.79 Å². The molecule has 1 atom stereocenters. The van der Waals surface area contributed by atoms with E-state index in [1.54, 1.807) is 20.1 Å². The smallest absolute Gasteiger partial charge is 0.318 e. The second kappa shape index (κ2) is 6.94. The summed E-state index contributed by atoms with van der Waals surface area (Å²) in [6, 6.07) is 8.41. The molecule has 0 heterocycles. The van der Waals surface area contributed by atoms with Crippen LogP contribution in [0.1, 0.15) is 31.9 Å². The molecule has 0 aliphatic rings. The van der Waals surface area contributed by atoms with Gasteiger partial charge in [-0.2, -0.15) is 0 Å². The van der Waals surface area contributed by atoms with E-state index in [2.05, 4.69) is 36.3 Å². The summed E-state index contributed by atoms with van der Waals surface area (Å²) in [5.41, 5.74) is 2.51. The van der Waals surface area contributed by atoms with Crippen molar-refractivity contribution < 1.29 is 9.63 Å². The Hall–Kier alpha value is -1.64. The Kier molecular flexibility index (Phi) is 5.56. The number of hydrogen-bond acceptors (Lipinski definition) is 3. The minimum atomic E-state index is -0.297. The van der Waals surface area contributed by atoms with E-state index in [0.29, 0.717) is 0 Å². The first kappa shape index (κ1) is 14.4. The van der Waals surface area contributed by atoms with Gasteiger partial charge in [0.15, 0.2) is 0 Å². The lowest BCUT2D eigenvalue weighted by Gasteiger charge is -2.06. The maximum Gasteiger partial charge on any atom is 0.337 e. The number of carbonyl (C=O) groups is 1. The maximum absolute atomic E-state index is 11.2. The first-order chi connectivity index (χ1) is 8.49. The third-order valence-electron chi connectivity index (χ3n) is 2.61. The SMILES string of the molecule is Cc1ccc(CC(C)C=NOC(=O)C(C)C)cc1. The molecule has 0 radical (unpaired) electrons. The Morgan fingerprint density at radius 1 is 1.28 bits per heavy atom. The third kappa shape index (κ3) is 5.13. The lowest BCUT2D eigenvalue weighted by molar-refractivity contribution is -0.147. The monoisotopic (exact) mass is 247 g/mol. The van der Waals surface area contributed by atoms with Crippen LogP contribution in [0.2, 0.25) is 0 Å². The average Bonchev–Trinajstić information content (AvgIpc) is 2.32. The lowest BCUT2D eigenvalue weighted by atomic mass is 10.0. The van der Waals surface area contributed by atoms with Crippen LogP contribution >= 0.6 is 0 Å². The minimum absolute atomic E-state index is 0.144. The molecular formula is C15H21NO2. The molecule has 0 spiro atoms. The molecule has 3 heteroatoms. The molecule has 1 unspecified atom stereocenters. The van der Waals surface area contributed by atoms with Gasteiger partial charge >= 0.3 is 5.97 Å². The fourth-order valence-electron chi connectivity index (χ4n) is 1.44. The van der Waals surface area contributed by atoms with Crippen LogP contribution in [0.25, 0.3) is 0 Å². The van der Waals surface area contributed by atoms with E-state index in [4.69, 9.17) is 4.84 Å². The molecule has 0 aromatic heterocycles. The number of hydrogen-bond donors (Lipinski definition) is 0. The molecule has 3 nitrogen and oxygen atoms in total. The molecule has 0 amide bonds. The first-order valence-electron chi connectivity index (χ1n) is 6.29. The average molecular weight is 247 g/mol. The fourth-order valence-corrected chi connectivity index (χ4v) is 1.44. The molecule has 18 heavy (non-hydrogen) atoms. The second-order valence-electron chi connectivity index (χ2n) is 4.99. The number of rotatable bonds is 5. The van der Waals surface area contributed by atoms with Crippen LogP contribution in [0.15, 0.2) is 29.4 Å². The number of carbonyl (C=O) groups excluding carboxylic acids is 1. The normalized spacial score (nSPS) is 12.9. The van der Waals surface area contributed by atoms with E-state index in [0.717, 1.165) is 6.42 Å². The molecule has 0 N–H and O–H groups in total. The summed E-state index contributed by atoms with van der Waals surface area (Å²) < 4.78 is 0. The summed E-state index contributed by atoms with van der Waals surface area (Å²) in [6.45, 7) is 7.69. The number of oxime groups is 1. The highest BCUT2D eigenvalue weighted by molar-refractivity contribution is 5.72. The van der Waals surface area contributed by atoms with Gasteiger partial charge in [-0.3, -0.25) is 0 Å². The van der Waals surface area contributed by atoms with Gasteiger partial charge in [0.25, 0.3) is 0 Å². The van der Waals surface area contributed by atoms with E-state index in [1.807, 2.05) is 6.92 Å². The van der Waals surface area contributed by atoms with Crippen LogP contribution < -0.4 is 0 Å². The van der Waals surface area contributed by atoms with Gasteiger partial charge in [0.05, 0.1) is 5.92 Å². The summed E-state index contributed by atoms with van der Waals surface area (Å²) in [5.74, 6) is -0.198. The molecule has 0 aliphatic carbocycles. The molecule has 1 rings (SSSR count). The topological polar surface area (TPSA) is 38.7 Å². The fraction of sp³-hybridized carbons (Fsp3) is 0.467. The number of aryl methyl sites for hydroxylation is 1. The van der Waals surface area contributed by atoms with Crippen molar-refractivity contribution in [2.45, 2.75) is 34.1 Å². The quantitative estimate of drug-likeness (QED) is 0.454. The van der Waals surface area contributed by atoms with Gasteiger partial charge in [0, 0.05) is 6.21 Å². The Bertz CT molecular complexity index is 407. The zero-order valence-electron chi connectivity index (χ0n) is 11.5. The zero-order chi connectivity index (χ0) is 13.5. The van der Waals surface area contributed by atoms with E-state index in [1.165, 1.54) is 11.1 Å². The molecule has 98 valence electrons. The highest BCUT2D eigenvalue weighted by Crippen LogP contribution is 2.08. The first-order valence-corrected chi connectivity index (χ1v) is 6.29. The van der Waals surface area contributed by atoms with Crippen molar-refractivity contribution in [1.29, 1.82) is 0 Å². The lowest BCUT2D eigenvalue weighted by Crippen LogP contribution is -2.09. The Labute approximate surface area is 109 Å². The van der Waals surface area contributed by atoms with Crippen LogP contribution in [-0.4, -0.2) is 12.2 Å². The Balaban J connectivity index is 2.41. The van der Waals surface area contributed by atoms with E-state index in [-0.39, 0.29) is 17.8 Å². The predicted molar refractivity (Wildman–Crippen MR) is 73.5 cm³/mol. The molecule has 0 aliphatic heterocycles. The van der Waals surface area contributed by atoms with Gasteiger partial charge < -0.3 is 4.84 Å².